The molecule has 2 N–H and O–H groups in total. The van der Waals surface area contributed by atoms with Crippen molar-refractivity contribution in [3.8, 4) is 0 Å². The molecule has 3 aromatic rings. The molecule has 0 radical (unpaired) electrons. The lowest BCUT2D eigenvalue weighted by Gasteiger charge is -2.19. The number of carbonyl (C=O) groups excluding carboxylic acids is 4. The number of rotatable bonds is 5. The summed E-state index contributed by atoms with van der Waals surface area (Å²) in [6.07, 6.45) is 1.24. The van der Waals surface area contributed by atoms with Gasteiger partial charge in [0.25, 0.3) is 0 Å². The number of H-pyrrole nitrogens is 2. The van der Waals surface area contributed by atoms with Crippen molar-refractivity contribution in [2.45, 2.75) is 85.0 Å². The van der Waals surface area contributed by atoms with E-state index in [0.29, 0.717) is 51.0 Å². The van der Waals surface area contributed by atoms with Gasteiger partial charge in [0, 0.05) is 64.3 Å². The summed E-state index contributed by atoms with van der Waals surface area (Å²) in [4.78, 5) is 67.9. The third-order valence-corrected chi connectivity index (χ3v) is 9.49. The second kappa shape index (κ2) is 10.8. The van der Waals surface area contributed by atoms with E-state index in [1.807, 2.05) is 39.0 Å². The Morgan fingerprint density at radius 1 is 0.841 bits per heavy atom. The van der Waals surface area contributed by atoms with Crippen molar-refractivity contribution in [1.29, 1.82) is 0 Å². The van der Waals surface area contributed by atoms with E-state index in [-0.39, 0.29) is 41.6 Å². The van der Waals surface area contributed by atoms with E-state index in [0.717, 1.165) is 28.9 Å². The monoisotopic (exact) mass is 596 g/mol. The molecule has 6 heterocycles. The maximum atomic E-state index is 13.5. The molecule has 3 aliphatic rings. The van der Waals surface area contributed by atoms with Crippen LogP contribution in [0.5, 0.6) is 0 Å². The van der Waals surface area contributed by atoms with Crippen molar-refractivity contribution < 1.29 is 28.7 Å². The van der Waals surface area contributed by atoms with Gasteiger partial charge in [0.05, 0.1) is 28.9 Å². The van der Waals surface area contributed by atoms with E-state index in [2.05, 4.69) is 23.8 Å². The highest BCUT2D eigenvalue weighted by Gasteiger charge is 2.39. The molecule has 10 nitrogen and oxygen atoms in total. The number of ketones is 1. The largest absolute Gasteiger partial charge is 0.466 e. The van der Waals surface area contributed by atoms with Crippen molar-refractivity contribution in [2.24, 2.45) is 0 Å². The van der Waals surface area contributed by atoms with Crippen LogP contribution in [-0.4, -0.2) is 50.2 Å². The SMILES string of the molecule is CC[C@H]1c2cc3[nH]c4c(c5nc(cc6[nH]c(cc(n2)[C@@H]1C)c(C(C)=O)c6C)[C@@H](C)[C@@H]5CCOC(C)=O)C(=O)OC(=O)c4c3C. The lowest BCUT2D eigenvalue weighted by atomic mass is 9.86. The second-order valence-corrected chi connectivity index (χ2v) is 12.1. The molecule has 8 bridgehead atoms. The summed E-state index contributed by atoms with van der Waals surface area (Å²) in [6.45, 7) is 13.0. The molecule has 0 saturated heterocycles. The smallest absolute Gasteiger partial charge is 0.350 e. The maximum Gasteiger partial charge on any atom is 0.350 e. The first-order valence-corrected chi connectivity index (χ1v) is 15.1. The first kappa shape index (κ1) is 29.5. The Balaban J connectivity index is 1.77. The molecule has 0 aromatic carbocycles. The molecule has 3 aliphatic heterocycles. The quantitative estimate of drug-likeness (QED) is 0.191. The van der Waals surface area contributed by atoms with E-state index < -0.39 is 17.9 Å². The Labute approximate surface area is 254 Å². The number of hydrogen-bond donors (Lipinski definition) is 2. The van der Waals surface area contributed by atoms with E-state index in [9.17, 15) is 19.2 Å². The minimum Gasteiger partial charge on any atom is -0.466 e. The minimum atomic E-state index is -0.776. The van der Waals surface area contributed by atoms with Gasteiger partial charge in [0.15, 0.2) is 5.78 Å². The van der Waals surface area contributed by atoms with Crippen LogP contribution in [0.15, 0.2) is 18.2 Å². The first-order valence-electron chi connectivity index (χ1n) is 15.1. The number of aromatic nitrogens is 4. The molecule has 3 aromatic heterocycles. The van der Waals surface area contributed by atoms with Crippen LogP contribution in [-0.2, 0) is 14.3 Å². The van der Waals surface area contributed by atoms with Gasteiger partial charge < -0.3 is 19.4 Å². The summed E-state index contributed by atoms with van der Waals surface area (Å²) < 4.78 is 10.6. The Bertz CT molecular complexity index is 1930. The standard InChI is InChI=1S/C34H36N4O6/c1-8-20-14(2)22-13-27-28(18(6)39)16(4)24(36-27)11-23-15(3)21(9-10-43-19(7)40)31(37-23)30-32-29(33(41)44-34(30)42)17(5)25(38-32)12-26(20)35-22/h11-15,20-21,36,38H,8-10H2,1-7H3/t14-,15+,20-,21+/m1/s1. The summed E-state index contributed by atoms with van der Waals surface area (Å²) in [5.74, 6) is -2.24. The molecule has 0 spiro atoms. The predicted molar refractivity (Wildman–Crippen MR) is 164 cm³/mol. The van der Waals surface area contributed by atoms with Gasteiger partial charge in [-0.25, -0.2) is 9.59 Å². The van der Waals surface area contributed by atoms with Gasteiger partial charge in [-0.1, -0.05) is 20.8 Å². The number of Topliss-reactive ketones (excluding diaryl/α,β-unsaturated/α-hetero) is 1. The zero-order valence-corrected chi connectivity index (χ0v) is 26.0. The van der Waals surface area contributed by atoms with Crippen LogP contribution >= 0.6 is 0 Å². The van der Waals surface area contributed by atoms with Crippen LogP contribution in [0.1, 0.15) is 136 Å². The number of fused-ring (bicyclic) bond motifs is 8. The van der Waals surface area contributed by atoms with Gasteiger partial charge >= 0.3 is 17.9 Å². The number of cyclic esters (lactones) is 2. The average molecular weight is 597 g/mol. The molecular formula is C34H36N4O6. The lowest BCUT2D eigenvalue weighted by molar-refractivity contribution is -0.141. The molecule has 6 rings (SSSR count). The van der Waals surface area contributed by atoms with Crippen LogP contribution in [0.4, 0.5) is 0 Å². The molecule has 4 atom stereocenters. The molecule has 10 heteroatoms. The normalized spacial score (nSPS) is 20.9. The van der Waals surface area contributed by atoms with Crippen molar-refractivity contribution in [1.82, 2.24) is 19.9 Å². The Kier molecular flexibility index (Phi) is 7.26. The Hall–Kier alpha value is -4.60. The summed E-state index contributed by atoms with van der Waals surface area (Å²) in [7, 11) is 0. The van der Waals surface area contributed by atoms with Gasteiger partial charge in [-0.2, -0.15) is 0 Å². The van der Waals surface area contributed by atoms with Gasteiger partial charge in [0.2, 0.25) is 0 Å². The number of nitrogens with zero attached hydrogens (tertiary/aromatic N) is 2. The average Bonchev–Trinajstić information content (AvgIpc) is 3.62. The van der Waals surface area contributed by atoms with Crippen LogP contribution in [0, 0.1) is 13.8 Å². The molecule has 0 saturated carbocycles. The fourth-order valence-electron chi connectivity index (χ4n) is 7.06. The Morgan fingerprint density at radius 2 is 1.45 bits per heavy atom. The fourth-order valence-corrected chi connectivity index (χ4v) is 7.06. The number of esters is 3. The van der Waals surface area contributed by atoms with Crippen LogP contribution in [0.2, 0.25) is 0 Å². The van der Waals surface area contributed by atoms with Crippen molar-refractivity contribution >= 4 is 45.8 Å². The van der Waals surface area contributed by atoms with E-state index in [1.54, 1.807) is 6.92 Å². The molecule has 0 aliphatic carbocycles. The van der Waals surface area contributed by atoms with E-state index in [4.69, 9.17) is 19.4 Å². The van der Waals surface area contributed by atoms with Gasteiger partial charge in [-0.05, 0) is 62.9 Å². The lowest BCUT2D eigenvalue weighted by Crippen LogP contribution is -2.22. The maximum absolute atomic E-state index is 13.5. The first-order chi connectivity index (χ1) is 20.9. The van der Waals surface area contributed by atoms with E-state index in [1.165, 1.54) is 6.92 Å². The van der Waals surface area contributed by atoms with Crippen molar-refractivity contribution in [2.75, 3.05) is 6.61 Å². The number of nitrogens with one attached hydrogen (secondary N) is 2. The van der Waals surface area contributed by atoms with Gasteiger partial charge in [0.1, 0.15) is 5.56 Å². The highest BCUT2D eigenvalue weighted by atomic mass is 16.6. The number of hydrogen-bond acceptors (Lipinski definition) is 8. The van der Waals surface area contributed by atoms with Crippen LogP contribution < -0.4 is 0 Å². The summed E-state index contributed by atoms with van der Waals surface area (Å²) in [6, 6.07) is 5.82. The van der Waals surface area contributed by atoms with Gasteiger partial charge in [-0.3, -0.25) is 19.6 Å². The molecule has 0 fully saturated rings. The topological polar surface area (TPSA) is 144 Å². The fraction of sp³-hybridized carbons (Fsp3) is 0.412. The molecular weight excluding hydrogens is 560 g/mol. The van der Waals surface area contributed by atoms with E-state index >= 15 is 0 Å². The number of ether oxygens (including phenoxy) is 2. The molecule has 228 valence electrons. The van der Waals surface area contributed by atoms with Crippen LogP contribution in [0.25, 0.3) is 22.1 Å². The second-order valence-electron chi connectivity index (χ2n) is 12.1. The highest BCUT2D eigenvalue weighted by molar-refractivity contribution is 6.18. The summed E-state index contributed by atoms with van der Waals surface area (Å²) >= 11 is 0. The predicted octanol–water partition coefficient (Wildman–Crippen LogP) is 6.58. The number of aryl methyl sites for hydroxylation is 2. The summed E-state index contributed by atoms with van der Waals surface area (Å²) in [5, 5.41) is 0. The minimum absolute atomic E-state index is 0.0588. The Morgan fingerprint density at radius 3 is 2.14 bits per heavy atom. The number of aromatic amines is 2. The van der Waals surface area contributed by atoms with Crippen molar-refractivity contribution in [3.63, 3.8) is 0 Å². The number of carbonyl (C=O) groups is 4. The third-order valence-electron chi connectivity index (χ3n) is 9.49. The molecule has 0 amide bonds. The third kappa shape index (κ3) is 4.63. The van der Waals surface area contributed by atoms with Gasteiger partial charge in [-0.15, -0.1) is 0 Å². The zero-order chi connectivity index (χ0) is 31.6. The van der Waals surface area contributed by atoms with Crippen LogP contribution in [0.3, 0.4) is 0 Å². The summed E-state index contributed by atoms with van der Waals surface area (Å²) in [5.41, 5.74) is 7.87. The molecule has 0 unspecified atom stereocenters. The highest BCUT2D eigenvalue weighted by Crippen LogP contribution is 2.44. The zero-order valence-electron chi connectivity index (χ0n) is 26.0. The van der Waals surface area contributed by atoms with Crippen molar-refractivity contribution in [3.05, 3.63) is 68.8 Å². The molecule has 44 heavy (non-hydrogen) atoms.